The van der Waals surface area contributed by atoms with E-state index in [1.54, 1.807) is 18.2 Å². The molecule has 24 heavy (non-hydrogen) atoms. The molecular formula is C18H18ClN3O2. The molecule has 1 aromatic heterocycles. The van der Waals surface area contributed by atoms with Crippen molar-refractivity contribution in [2.24, 2.45) is 5.92 Å². The zero-order valence-corrected chi connectivity index (χ0v) is 14.0. The average molecular weight is 344 g/mol. The Morgan fingerprint density at radius 3 is 2.71 bits per heavy atom. The minimum absolute atomic E-state index is 0.0797. The molecule has 0 saturated heterocycles. The normalized spacial score (nSPS) is 19.5. The van der Waals surface area contributed by atoms with Crippen LogP contribution >= 0.6 is 11.6 Å². The summed E-state index contributed by atoms with van der Waals surface area (Å²) in [6, 6.07) is 8.76. The number of carbonyl (C=O) groups excluding carboxylic acids is 1. The number of aliphatic hydroxyl groups is 1. The number of hydrogen-bond donors (Lipinski definition) is 2. The molecule has 1 heterocycles. The van der Waals surface area contributed by atoms with Gasteiger partial charge in [0.2, 0.25) is 0 Å². The molecule has 0 saturated carbocycles. The molecule has 1 aliphatic rings. The lowest BCUT2D eigenvalue weighted by Gasteiger charge is -2.13. The van der Waals surface area contributed by atoms with Crippen molar-refractivity contribution in [1.82, 2.24) is 15.3 Å². The van der Waals surface area contributed by atoms with Gasteiger partial charge in [-0.3, -0.25) is 4.79 Å². The molecule has 2 aromatic rings. The smallest absolute Gasteiger partial charge is 0.270 e. The fourth-order valence-corrected chi connectivity index (χ4v) is 2.80. The van der Waals surface area contributed by atoms with E-state index in [0.717, 1.165) is 11.3 Å². The van der Waals surface area contributed by atoms with Gasteiger partial charge in [0.1, 0.15) is 5.69 Å². The first-order chi connectivity index (χ1) is 11.5. The van der Waals surface area contributed by atoms with Gasteiger partial charge < -0.3 is 10.4 Å². The number of rotatable bonds is 4. The van der Waals surface area contributed by atoms with Gasteiger partial charge in [-0.15, -0.1) is 0 Å². The molecule has 6 heteroatoms. The predicted molar refractivity (Wildman–Crippen MR) is 92.8 cm³/mol. The van der Waals surface area contributed by atoms with Crippen LogP contribution in [-0.2, 0) is 0 Å². The lowest BCUT2D eigenvalue weighted by Crippen LogP contribution is -2.33. The summed E-state index contributed by atoms with van der Waals surface area (Å²) < 4.78 is 0. The van der Waals surface area contributed by atoms with Gasteiger partial charge in [0.25, 0.3) is 5.91 Å². The standard InChI is InChI=1S/C18H18ClN3O2/c1-11-8-16(18(24)21-15-7-2-12(9-15)10-23)22-17(20-11)13-3-5-14(19)6-4-13/h2-8,12,15,23H,9-10H2,1H3,(H,21,24)/t12-,15+/m0/s1. The molecule has 2 atom stereocenters. The molecule has 1 amide bonds. The Kier molecular flexibility index (Phi) is 4.92. The second-order valence-corrected chi connectivity index (χ2v) is 6.30. The Hall–Kier alpha value is -2.24. The molecule has 1 aliphatic carbocycles. The van der Waals surface area contributed by atoms with Crippen molar-refractivity contribution < 1.29 is 9.90 Å². The van der Waals surface area contributed by atoms with Crippen molar-refractivity contribution in [1.29, 1.82) is 0 Å². The van der Waals surface area contributed by atoms with Gasteiger partial charge in [0, 0.05) is 34.8 Å². The van der Waals surface area contributed by atoms with Crippen LogP contribution in [0.15, 0.2) is 42.5 Å². The Bertz CT molecular complexity index is 774. The van der Waals surface area contributed by atoms with E-state index >= 15 is 0 Å². The van der Waals surface area contributed by atoms with Crippen LogP contribution in [0.4, 0.5) is 0 Å². The Balaban J connectivity index is 1.79. The zero-order chi connectivity index (χ0) is 17.1. The van der Waals surface area contributed by atoms with Crippen LogP contribution in [0.2, 0.25) is 5.02 Å². The number of aromatic nitrogens is 2. The van der Waals surface area contributed by atoms with E-state index < -0.39 is 0 Å². The number of carbonyl (C=O) groups is 1. The SMILES string of the molecule is Cc1cc(C(=O)N[C@@H]2C=C[C@H](CO)C2)nc(-c2ccc(Cl)cc2)n1. The summed E-state index contributed by atoms with van der Waals surface area (Å²) in [7, 11) is 0. The molecule has 2 N–H and O–H groups in total. The summed E-state index contributed by atoms with van der Waals surface area (Å²) in [5, 5.41) is 12.7. The third-order valence-corrected chi connectivity index (χ3v) is 4.16. The molecule has 1 aromatic carbocycles. The highest BCUT2D eigenvalue weighted by Crippen LogP contribution is 2.20. The fraction of sp³-hybridized carbons (Fsp3) is 0.278. The van der Waals surface area contributed by atoms with Crippen molar-refractivity contribution >= 4 is 17.5 Å². The van der Waals surface area contributed by atoms with Crippen LogP contribution in [0.5, 0.6) is 0 Å². The van der Waals surface area contributed by atoms with Gasteiger partial charge in [0.15, 0.2) is 5.82 Å². The van der Waals surface area contributed by atoms with Crippen molar-refractivity contribution in [2.75, 3.05) is 6.61 Å². The van der Waals surface area contributed by atoms with Gasteiger partial charge in [-0.05, 0) is 43.7 Å². The van der Waals surface area contributed by atoms with E-state index in [1.165, 1.54) is 0 Å². The fourth-order valence-electron chi connectivity index (χ4n) is 2.67. The van der Waals surface area contributed by atoms with Crippen molar-refractivity contribution in [3.63, 3.8) is 0 Å². The maximum absolute atomic E-state index is 12.5. The van der Waals surface area contributed by atoms with Crippen LogP contribution in [-0.4, -0.2) is 33.6 Å². The predicted octanol–water partition coefficient (Wildman–Crippen LogP) is 2.77. The molecule has 0 spiro atoms. The number of aryl methyl sites for hydroxylation is 1. The van der Waals surface area contributed by atoms with E-state index in [1.807, 2.05) is 31.2 Å². The van der Waals surface area contributed by atoms with Crippen LogP contribution in [0, 0.1) is 12.8 Å². The van der Waals surface area contributed by atoms with Crippen molar-refractivity contribution in [3.05, 3.63) is 58.9 Å². The molecule has 0 radical (unpaired) electrons. The van der Waals surface area contributed by atoms with E-state index in [9.17, 15) is 4.79 Å². The van der Waals surface area contributed by atoms with Crippen LogP contribution in [0.1, 0.15) is 22.6 Å². The van der Waals surface area contributed by atoms with Gasteiger partial charge in [-0.1, -0.05) is 23.8 Å². The first-order valence-corrected chi connectivity index (χ1v) is 8.14. The second-order valence-electron chi connectivity index (χ2n) is 5.87. The number of halogens is 1. The number of aliphatic hydroxyl groups excluding tert-OH is 1. The Labute approximate surface area is 145 Å². The molecular weight excluding hydrogens is 326 g/mol. The highest BCUT2D eigenvalue weighted by atomic mass is 35.5. The number of nitrogens with zero attached hydrogens (tertiary/aromatic N) is 2. The third kappa shape index (κ3) is 3.80. The molecule has 0 fully saturated rings. The lowest BCUT2D eigenvalue weighted by atomic mass is 10.1. The number of hydrogen-bond acceptors (Lipinski definition) is 4. The highest BCUT2D eigenvalue weighted by molar-refractivity contribution is 6.30. The van der Waals surface area contributed by atoms with E-state index in [2.05, 4.69) is 15.3 Å². The second kappa shape index (κ2) is 7.11. The summed E-state index contributed by atoms with van der Waals surface area (Å²) in [5.74, 6) is 0.350. The lowest BCUT2D eigenvalue weighted by molar-refractivity contribution is 0.0936. The highest BCUT2D eigenvalue weighted by Gasteiger charge is 2.21. The van der Waals surface area contributed by atoms with Gasteiger partial charge in [-0.2, -0.15) is 0 Å². The molecule has 0 aliphatic heterocycles. The average Bonchev–Trinajstić information content (AvgIpc) is 3.02. The molecule has 124 valence electrons. The topological polar surface area (TPSA) is 75.1 Å². The number of nitrogens with one attached hydrogen (secondary N) is 1. The quantitative estimate of drug-likeness (QED) is 0.837. The van der Waals surface area contributed by atoms with Crippen LogP contribution in [0.3, 0.4) is 0 Å². The minimum atomic E-state index is -0.246. The monoisotopic (exact) mass is 343 g/mol. The minimum Gasteiger partial charge on any atom is -0.396 e. The Morgan fingerprint density at radius 1 is 1.29 bits per heavy atom. The van der Waals surface area contributed by atoms with E-state index in [4.69, 9.17) is 16.7 Å². The van der Waals surface area contributed by atoms with Crippen LogP contribution in [0.25, 0.3) is 11.4 Å². The van der Waals surface area contributed by atoms with E-state index in [-0.39, 0.29) is 24.5 Å². The molecule has 5 nitrogen and oxygen atoms in total. The van der Waals surface area contributed by atoms with Crippen LogP contribution < -0.4 is 5.32 Å². The Morgan fingerprint density at radius 2 is 2.04 bits per heavy atom. The number of benzene rings is 1. The zero-order valence-electron chi connectivity index (χ0n) is 13.2. The summed E-state index contributed by atoms with van der Waals surface area (Å²) in [4.78, 5) is 21.2. The van der Waals surface area contributed by atoms with Crippen molar-refractivity contribution in [3.8, 4) is 11.4 Å². The maximum Gasteiger partial charge on any atom is 0.270 e. The summed E-state index contributed by atoms with van der Waals surface area (Å²) in [6.07, 6.45) is 4.54. The van der Waals surface area contributed by atoms with Crippen molar-refractivity contribution in [2.45, 2.75) is 19.4 Å². The van der Waals surface area contributed by atoms with E-state index in [0.29, 0.717) is 23.0 Å². The molecule has 0 bridgehead atoms. The first-order valence-electron chi connectivity index (χ1n) is 7.77. The van der Waals surface area contributed by atoms with Gasteiger partial charge in [0.05, 0.1) is 0 Å². The van der Waals surface area contributed by atoms with Gasteiger partial charge >= 0.3 is 0 Å². The maximum atomic E-state index is 12.5. The molecule has 0 unspecified atom stereocenters. The third-order valence-electron chi connectivity index (χ3n) is 3.91. The summed E-state index contributed by atoms with van der Waals surface area (Å²) in [5.41, 5.74) is 1.85. The summed E-state index contributed by atoms with van der Waals surface area (Å²) in [6.45, 7) is 1.92. The molecule has 3 rings (SSSR count). The first kappa shape index (κ1) is 16.6. The van der Waals surface area contributed by atoms with Gasteiger partial charge in [-0.25, -0.2) is 9.97 Å². The summed E-state index contributed by atoms with van der Waals surface area (Å²) >= 11 is 5.90. The number of amides is 1. The largest absolute Gasteiger partial charge is 0.396 e.